The van der Waals surface area contributed by atoms with Gasteiger partial charge in [-0.15, -0.1) is 0 Å². The minimum absolute atomic E-state index is 0.100. The molecule has 0 aromatic heterocycles. The van der Waals surface area contributed by atoms with Crippen molar-refractivity contribution in [3.63, 3.8) is 0 Å². The first-order chi connectivity index (χ1) is 12.7. The van der Waals surface area contributed by atoms with E-state index < -0.39 is 12.0 Å². The molecule has 3 aromatic rings. The second-order valence-corrected chi connectivity index (χ2v) is 5.85. The monoisotopic (exact) mass is 350 g/mol. The lowest BCUT2D eigenvalue weighted by molar-refractivity contribution is -0.130. The summed E-state index contributed by atoms with van der Waals surface area (Å²) in [6, 6.07) is 17.4. The van der Waals surface area contributed by atoms with Crippen molar-refractivity contribution in [3.8, 4) is 11.5 Å². The number of carbonyl (C=O) groups excluding carboxylic acids is 1. The van der Waals surface area contributed by atoms with Gasteiger partial charge in [-0.2, -0.15) is 5.10 Å². The van der Waals surface area contributed by atoms with E-state index in [1.165, 1.54) is 18.3 Å². The van der Waals surface area contributed by atoms with Crippen LogP contribution in [0.15, 0.2) is 65.8 Å². The molecule has 0 radical (unpaired) electrons. The molecule has 0 bridgehead atoms. The fraction of sp³-hybridized carbons (Fsp3) is 0.100. The lowest BCUT2D eigenvalue weighted by Crippen LogP contribution is -2.42. The molecule has 0 spiro atoms. The van der Waals surface area contributed by atoms with E-state index in [-0.39, 0.29) is 12.4 Å². The van der Waals surface area contributed by atoms with Crippen molar-refractivity contribution in [2.45, 2.75) is 6.10 Å². The van der Waals surface area contributed by atoms with E-state index in [9.17, 15) is 9.18 Å². The van der Waals surface area contributed by atoms with Gasteiger partial charge in [0.05, 0.1) is 6.21 Å². The van der Waals surface area contributed by atoms with Crippen LogP contribution in [0.25, 0.3) is 10.8 Å². The van der Waals surface area contributed by atoms with Crippen molar-refractivity contribution in [3.05, 3.63) is 72.0 Å². The summed E-state index contributed by atoms with van der Waals surface area (Å²) in [4.78, 5) is 12.2. The zero-order chi connectivity index (χ0) is 17.9. The predicted octanol–water partition coefficient (Wildman–Crippen LogP) is 3.27. The first kappa shape index (κ1) is 16.1. The molecule has 0 fully saturated rings. The number of halogens is 1. The summed E-state index contributed by atoms with van der Waals surface area (Å²) >= 11 is 0. The van der Waals surface area contributed by atoms with Crippen LogP contribution >= 0.6 is 0 Å². The van der Waals surface area contributed by atoms with Crippen LogP contribution in [-0.2, 0) is 4.79 Å². The zero-order valence-corrected chi connectivity index (χ0v) is 13.7. The van der Waals surface area contributed by atoms with E-state index in [0.717, 1.165) is 10.8 Å². The lowest BCUT2D eigenvalue weighted by Gasteiger charge is -2.25. The number of amides is 1. The molecule has 0 saturated heterocycles. The summed E-state index contributed by atoms with van der Waals surface area (Å²) in [6.07, 6.45) is 0.636. The highest BCUT2D eigenvalue weighted by atomic mass is 19.1. The van der Waals surface area contributed by atoms with Gasteiger partial charge < -0.3 is 9.47 Å². The predicted molar refractivity (Wildman–Crippen MR) is 96.0 cm³/mol. The van der Waals surface area contributed by atoms with E-state index in [1.807, 2.05) is 36.4 Å². The maximum Gasteiger partial charge on any atom is 0.284 e. The standard InChI is InChI=1S/C20H15FN2O3/c21-16-7-5-13(6-8-16)11-22-23-20(24)19-12-25-17-9-14-3-1-2-4-15(14)10-18(17)26-19/h1-11,19H,12H2,(H,23,24)/t19-/m0/s1. The van der Waals surface area contributed by atoms with Crippen LogP contribution in [0.3, 0.4) is 0 Å². The molecule has 1 amide bonds. The first-order valence-electron chi connectivity index (χ1n) is 8.10. The number of hydrazone groups is 1. The molecular formula is C20H15FN2O3. The number of ether oxygens (including phenoxy) is 2. The van der Waals surface area contributed by atoms with Gasteiger partial charge >= 0.3 is 0 Å². The van der Waals surface area contributed by atoms with Crippen LogP contribution in [-0.4, -0.2) is 24.8 Å². The Hall–Kier alpha value is -3.41. The van der Waals surface area contributed by atoms with Crippen LogP contribution in [0.1, 0.15) is 5.56 Å². The van der Waals surface area contributed by atoms with Gasteiger partial charge in [0.1, 0.15) is 12.4 Å². The van der Waals surface area contributed by atoms with Crippen molar-refractivity contribution < 1.29 is 18.7 Å². The molecule has 130 valence electrons. The van der Waals surface area contributed by atoms with Gasteiger partial charge in [-0.1, -0.05) is 36.4 Å². The molecule has 1 heterocycles. The Bertz CT molecular complexity index is 986. The quantitative estimate of drug-likeness (QED) is 0.583. The van der Waals surface area contributed by atoms with Crippen molar-refractivity contribution in [1.82, 2.24) is 5.43 Å². The number of hydrogen-bond donors (Lipinski definition) is 1. The van der Waals surface area contributed by atoms with Crippen LogP contribution in [0, 0.1) is 5.82 Å². The molecule has 1 aliphatic heterocycles. The molecule has 0 unspecified atom stereocenters. The molecule has 0 aliphatic carbocycles. The average Bonchev–Trinajstić information content (AvgIpc) is 2.67. The first-order valence-corrected chi connectivity index (χ1v) is 8.10. The SMILES string of the molecule is O=C(NN=Cc1ccc(F)cc1)[C@@H]1COc2cc3ccccc3cc2O1. The van der Waals surface area contributed by atoms with Gasteiger partial charge in [0.25, 0.3) is 5.91 Å². The smallest absolute Gasteiger partial charge is 0.284 e. The highest BCUT2D eigenvalue weighted by Crippen LogP contribution is 2.35. The van der Waals surface area contributed by atoms with E-state index in [1.54, 1.807) is 12.1 Å². The van der Waals surface area contributed by atoms with Gasteiger partial charge in [-0.3, -0.25) is 4.79 Å². The summed E-state index contributed by atoms with van der Waals surface area (Å²) < 4.78 is 24.3. The second-order valence-electron chi connectivity index (χ2n) is 5.85. The largest absolute Gasteiger partial charge is 0.485 e. The van der Waals surface area contributed by atoms with Crippen molar-refractivity contribution in [1.29, 1.82) is 0 Å². The zero-order valence-electron chi connectivity index (χ0n) is 13.7. The molecule has 5 nitrogen and oxygen atoms in total. The molecule has 6 heteroatoms. The fourth-order valence-corrected chi connectivity index (χ4v) is 2.68. The number of carbonyl (C=O) groups is 1. The summed E-state index contributed by atoms with van der Waals surface area (Å²) in [5.41, 5.74) is 3.09. The van der Waals surface area contributed by atoms with Crippen LogP contribution in [0.4, 0.5) is 4.39 Å². The number of nitrogens with zero attached hydrogens (tertiary/aromatic N) is 1. The molecule has 4 rings (SSSR count). The summed E-state index contributed by atoms with van der Waals surface area (Å²) in [5, 5.41) is 5.92. The average molecular weight is 350 g/mol. The van der Waals surface area contributed by atoms with Crippen molar-refractivity contribution in [2.75, 3.05) is 6.61 Å². The molecule has 1 atom stereocenters. The Labute approximate surface area is 149 Å². The van der Waals surface area contributed by atoms with Crippen molar-refractivity contribution >= 4 is 22.9 Å². The fourth-order valence-electron chi connectivity index (χ4n) is 2.68. The maximum atomic E-state index is 12.9. The van der Waals surface area contributed by atoms with Crippen LogP contribution in [0.5, 0.6) is 11.5 Å². The topological polar surface area (TPSA) is 59.9 Å². The summed E-state index contributed by atoms with van der Waals surface area (Å²) in [5.74, 6) is 0.396. The van der Waals surface area contributed by atoms with E-state index in [2.05, 4.69) is 10.5 Å². The third kappa shape index (κ3) is 3.35. The third-order valence-corrected chi connectivity index (χ3v) is 4.02. The molecule has 1 aliphatic rings. The van der Waals surface area contributed by atoms with Gasteiger partial charge in [-0.25, -0.2) is 9.82 Å². The Morgan fingerprint density at radius 1 is 1.08 bits per heavy atom. The minimum atomic E-state index is -0.797. The van der Waals surface area contributed by atoms with Crippen LogP contribution < -0.4 is 14.9 Å². The van der Waals surface area contributed by atoms with Gasteiger partial charge in [-0.05, 0) is 40.6 Å². The van der Waals surface area contributed by atoms with Crippen LogP contribution in [0.2, 0.25) is 0 Å². The number of benzene rings is 3. The van der Waals surface area contributed by atoms with Gasteiger partial charge in [0.15, 0.2) is 11.5 Å². The van der Waals surface area contributed by atoms with E-state index in [0.29, 0.717) is 17.1 Å². The summed E-state index contributed by atoms with van der Waals surface area (Å²) in [6.45, 7) is 0.100. The molecule has 0 saturated carbocycles. The van der Waals surface area contributed by atoms with Gasteiger partial charge in [0.2, 0.25) is 6.10 Å². The minimum Gasteiger partial charge on any atom is -0.485 e. The molecular weight excluding hydrogens is 335 g/mol. The molecule has 3 aromatic carbocycles. The molecule has 26 heavy (non-hydrogen) atoms. The number of fused-ring (bicyclic) bond motifs is 2. The lowest BCUT2D eigenvalue weighted by atomic mass is 10.1. The highest BCUT2D eigenvalue weighted by molar-refractivity contribution is 5.88. The summed E-state index contributed by atoms with van der Waals surface area (Å²) in [7, 11) is 0. The third-order valence-electron chi connectivity index (χ3n) is 4.02. The Morgan fingerprint density at radius 2 is 1.77 bits per heavy atom. The van der Waals surface area contributed by atoms with Crippen molar-refractivity contribution in [2.24, 2.45) is 5.10 Å². The van der Waals surface area contributed by atoms with E-state index >= 15 is 0 Å². The second kappa shape index (κ2) is 6.84. The maximum absolute atomic E-state index is 12.9. The number of rotatable bonds is 3. The normalized spacial score (nSPS) is 16.0. The Balaban J connectivity index is 1.43. The van der Waals surface area contributed by atoms with Gasteiger partial charge in [0, 0.05) is 0 Å². The van der Waals surface area contributed by atoms with E-state index in [4.69, 9.17) is 9.47 Å². The Morgan fingerprint density at radius 3 is 2.50 bits per heavy atom. The number of hydrogen-bond acceptors (Lipinski definition) is 4. The molecule has 1 N–H and O–H groups in total. The highest BCUT2D eigenvalue weighted by Gasteiger charge is 2.27. The Kier molecular flexibility index (Phi) is 4.23. The number of nitrogens with one attached hydrogen (secondary N) is 1.